The van der Waals surface area contributed by atoms with E-state index in [1.807, 2.05) is 75.4 Å². The Morgan fingerprint density at radius 1 is 0.725 bits per heavy atom. The minimum Gasteiger partial charge on any atom is -0.508 e. The van der Waals surface area contributed by atoms with E-state index in [4.69, 9.17) is 14.2 Å². The fourth-order valence-corrected chi connectivity index (χ4v) is 5.27. The predicted molar refractivity (Wildman–Crippen MR) is 213 cm³/mol. The molecule has 8 nitrogen and oxygen atoms in total. The summed E-state index contributed by atoms with van der Waals surface area (Å²) in [6.45, 7) is 26.1. The highest BCUT2D eigenvalue weighted by Gasteiger charge is 2.36. The quantitative estimate of drug-likeness (QED) is 0.238. The molecular formula is C43H66N2O6. The van der Waals surface area contributed by atoms with Crippen molar-refractivity contribution in [2.75, 3.05) is 29.5 Å². The molecule has 3 aromatic carbocycles. The molecule has 2 atom stereocenters. The van der Waals surface area contributed by atoms with Gasteiger partial charge in [-0.2, -0.15) is 0 Å². The van der Waals surface area contributed by atoms with E-state index < -0.39 is 12.2 Å². The van der Waals surface area contributed by atoms with Crippen molar-refractivity contribution in [3.63, 3.8) is 0 Å². The molecule has 2 saturated heterocycles. The second-order valence-corrected chi connectivity index (χ2v) is 13.1. The molecule has 2 heterocycles. The molecule has 3 aromatic rings. The summed E-state index contributed by atoms with van der Waals surface area (Å²) < 4.78 is 17.1. The third-order valence-electron chi connectivity index (χ3n) is 7.75. The first-order chi connectivity index (χ1) is 24.4. The molecule has 0 bridgehead atoms. The van der Waals surface area contributed by atoms with Gasteiger partial charge in [-0.25, -0.2) is 9.59 Å². The van der Waals surface area contributed by atoms with Crippen LogP contribution in [-0.4, -0.2) is 49.2 Å². The van der Waals surface area contributed by atoms with Crippen LogP contribution in [0.4, 0.5) is 21.0 Å². The van der Waals surface area contributed by atoms with Crippen molar-refractivity contribution < 1.29 is 28.9 Å². The summed E-state index contributed by atoms with van der Waals surface area (Å²) in [6, 6.07) is 20.8. The smallest absolute Gasteiger partial charge is 0.414 e. The molecule has 5 rings (SSSR count). The Kier molecular flexibility index (Phi) is 20.5. The normalized spacial score (nSPS) is 16.2. The maximum absolute atomic E-state index is 12.8. The van der Waals surface area contributed by atoms with E-state index in [0.717, 1.165) is 29.5 Å². The van der Waals surface area contributed by atoms with Gasteiger partial charge in [0.05, 0.1) is 18.8 Å². The van der Waals surface area contributed by atoms with Crippen LogP contribution in [0.3, 0.4) is 0 Å². The zero-order valence-electron chi connectivity index (χ0n) is 33.5. The van der Waals surface area contributed by atoms with Gasteiger partial charge >= 0.3 is 12.2 Å². The number of aryl methyl sites for hydroxylation is 1. The first-order valence-corrected chi connectivity index (χ1v) is 19.0. The van der Waals surface area contributed by atoms with Crippen molar-refractivity contribution in [3.05, 3.63) is 83.4 Å². The topological polar surface area (TPSA) is 88.5 Å². The van der Waals surface area contributed by atoms with Crippen molar-refractivity contribution in [3.8, 4) is 11.5 Å². The van der Waals surface area contributed by atoms with Gasteiger partial charge in [-0.1, -0.05) is 132 Å². The molecule has 0 spiro atoms. The van der Waals surface area contributed by atoms with Gasteiger partial charge in [0, 0.05) is 11.1 Å². The molecule has 0 aromatic heterocycles. The Bertz CT molecular complexity index is 1420. The minimum absolute atomic E-state index is 0.117. The summed E-state index contributed by atoms with van der Waals surface area (Å²) >= 11 is 0. The number of ether oxygens (including phenoxy) is 3. The molecule has 8 heteroatoms. The summed E-state index contributed by atoms with van der Waals surface area (Å²) in [5.41, 5.74) is 4.28. The Hall–Kier alpha value is -4.20. The van der Waals surface area contributed by atoms with Gasteiger partial charge in [-0.15, -0.1) is 0 Å². The number of benzene rings is 3. The number of phenolic OH excluding ortho intramolecular Hbond substituents is 1. The number of nitrogens with zero attached hydrogens (tertiary/aromatic N) is 2. The summed E-state index contributed by atoms with van der Waals surface area (Å²) in [5.74, 6) is 0.932. The van der Waals surface area contributed by atoms with Crippen LogP contribution in [0.5, 0.6) is 11.5 Å². The summed E-state index contributed by atoms with van der Waals surface area (Å²) in [5, 5.41) is 9.61. The fourth-order valence-electron chi connectivity index (χ4n) is 5.27. The third kappa shape index (κ3) is 13.5. The Morgan fingerprint density at radius 2 is 1.20 bits per heavy atom. The van der Waals surface area contributed by atoms with Gasteiger partial charge in [0.2, 0.25) is 0 Å². The number of anilines is 2. The molecule has 2 amide bonds. The maximum Gasteiger partial charge on any atom is 0.414 e. The minimum atomic E-state index is -0.437. The van der Waals surface area contributed by atoms with E-state index in [-0.39, 0.29) is 30.0 Å². The van der Waals surface area contributed by atoms with E-state index in [0.29, 0.717) is 30.2 Å². The van der Waals surface area contributed by atoms with Crippen molar-refractivity contribution in [1.29, 1.82) is 0 Å². The van der Waals surface area contributed by atoms with Gasteiger partial charge in [-0.05, 0) is 66.4 Å². The largest absolute Gasteiger partial charge is 0.508 e. The van der Waals surface area contributed by atoms with Crippen LogP contribution in [0.25, 0.3) is 0 Å². The van der Waals surface area contributed by atoms with Gasteiger partial charge < -0.3 is 19.3 Å². The first-order valence-electron chi connectivity index (χ1n) is 19.0. The zero-order chi connectivity index (χ0) is 38.6. The van der Waals surface area contributed by atoms with Gasteiger partial charge in [0.15, 0.2) is 6.10 Å². The van der Waals surface area contributed by atoms with Crippen molar-refractivity contribution >= 4 is 23.6 Å². The first kappa shape index (κ1) is 44.8. The van der Waals surface area contributed by atoms with Crippen LogP contribution in [0.1, 0.15) is 125 Å². The predicted octanol–water partition coefficient (Wildman–Crippen LogP) is 11.8. The second kappa shape index (κ2) is 23.3. The highest BCUT2D eigenvalue weighted by atomic mass is 16.6. The van der Waals surface area contributed by atoms with E-state index in [1.165, 1.54) is 19.3 Å². The van der Waals surface area contributed by atoms with Crippen LogP contribution in [0, 0.1) is 6.92 Å². The number of aromatic hydroxyl groups is 1. The lowest BCUT2D eigenvalue weighted by Crippen LogP contribution is -2.28. The van der Waals surface area contributed by atoms with Crippen LogP contribution in [0.15, 0.2) is 66.7 Å². The maximum atomic E-state index is 12.8. The van der Waals surface area contributed by atoms with Crippen LogP contribution < -0.4 is 14.5 Å². The lowest BCUT2D eigenvalue weighted by molar-refractivity contribution is 0.105. The average molecular weight is 707 g/mol. The average Bonchev–Trinajstić information content (AvgIpc) is 3.67. The van der Waals surface area contributed by atoms with Crippen molar-refractivity contribution in [2.24, 2.45) is 0 Å². The number of rotatable bonds is 9. The Balaban J connectivity index is 0.00000106. The molecule has 2 aliphatic rings. The zero-order valence-corrected chi connectivity index (χ0v) is 33.5. The summed E-state index contributed by atoms with van der Waals surface area (Å²) in [6.07, 6.45) is 4.16. The Morgan fingerprint density at radius 3 is 1.73 bits per heavy atom. The van der Waals surface area contributed by atoms with E-state index >= 15 is 0 Å². The molecule has 0 saturated carbocycles. The molecule has 2 aliphatic heterocycles. The highest BCUT2D eigenvalue weighted by Crippen LogP contribution is 2.34. The molecule has 284 valence electrons. The van der Waals surface area contributed by atoms with Crippen molar-refractivity contribution in [2.45, 2.75) is 133 Å². The molecule has 0 radical (unpaired) electrons. The third-order valence-corrected chi connectivity index (χ3v) is 7.75. The SMILES string of the molecule is CC.CCC.CCC.CCC.CCCC1CN(c2ccc(C)c(N3CC(COc4ccc(C(C)(C)c5ccc(O)cc5)cc4)OC3=O)c2)C(=O)O1. The monoisotopic (exact) mass is 706 g/mol. The summed E-state index contributed by atoms with van der Waals surface area (Å²) in [7, 11) is 0. The number of hydrogen-bond acceptors (Lipinski definition) is 6. The van der Waals surface area contributed by atoms with Crippen LogP contribution in [-0.2, 0) is 14.9 Å². The molecule has 0 aliphatic carbocycles. The molecular weight excluding hydrogens is 640 g/mol. The molecule has 2 fully saturated rings. The van der Waals surface area contributed by atoms with Crippen LogP contribution >= 0.6 is 0 Å². The molecule has 51 heavy (non-hydrogen) atoms. The summed E-state index contributed by atoms with van der Waals surface area (Å²) in [4.78, 5) is 28.5. The van der Waals surface area contributed by atoms with E-state index in [9.17, 15) is 14.7 Å². The lowest BCUT2D eigenvalue weighted by Gasteiger charge is -2.26. The Labute approximate surface area is 309 Å². The standard InChI is InChI=1S/C32H36N2O6.3C3H8.C2H6/c1-5-6-27-18-33(30(36)39-27)24-12-7-21(2)29(17-24)34-19-28(40-31(34)37)20-38-26-15-10-23(11-16-26)32(3,4)22-8-13-25(35)14-9-22;3*1-3-2;1-2/h7-17,27-28,35H,5-6,18-20H2,1-4H3;3*3H2,1-2H3;1-2H3. The number of carbonyl (C=O) groups is 2. The number of phenols is 1. The molecule has 2 unspecified atom stereocenters. The number of carbonyl (C=O) groups excluding carboxylic acids is 2. The van der Waals surface area contributed by atoms with Crippen LogP contribution in [0.2, 0.25) is 0 Å². The molecule has 1 N–H and O–H groups in total. The number of hydrogen-bond donors (Lipinski definition) is 1. The van der Waals surface area contributed by atoms with Gasteiger partial charge in [0.1, 0.15) is 24.2 Å². The fraction of sp³-hybridized carbons (Fsp3) is 0.535. The van der Waals surface area contributed by atoms with Gasteiger partial charge in [0.25, 0.3) is 0 Å². The number of cyclic esters (lactones) is 2. The lowest BCUT2D eigenvalue weighted by atomic mass is 9.78. The van der Waals surface area contributed by atoms with E-state index in [2.05, 4.69) is 62.3 Å². The van der Waals surface area contributed by atoms with Crippen molar-refractivity contribution in [1.82, 2.24) is 0 Å². The second-order valence-electron chi connectivity index (χ2n) is 13.1. The van der Waals surface area contributed by atoms with E-state index in [1.54, 1.807) is 21.9 Å². The highest BCUT2D eigenvalue weighted by molar-refractivity contribution is 5.94. The number of amides is 2. The van der Waals surface area contributed by atoms with Gasteiger partial charge in [-0.3, -0.25) is 9.80 Å².